The fraction of sp³-hybridized carbons (Fsp3) is 0.130. The van der Waals surface area contributed by atoms with Gasteiger partial charge in [0.1, 0.15) is 0 Å². The number of hydrogen-bond donors (Lipinski definition) is 0. The van der Waals surface area contributed by atoms with Crippen LogP contribution in [-0.2, 0) is 0 Å². The molecule has 0 bridgehead atoms. The second kappa shape index (κ2) is 6.86. The minimum Gasteiger partial charge on any atom is -0.289 e. The van der Waals surface area contributed by atoms with Crippen LogP contribution in [0.4, 0.5) is 0 Å². The van der Waals surface area contributed by atoms with Crippen LogP contribution in [0.1, 0.15) is 48.5 Å². The van der Waals surface area contributed by atoms with Crippen molar-refractivity contribution >= 4 is 11.6 Å². The average molecular weight is 328 g/mol. The van der Waals surface area contributed by atoms with E-state index in [0.717, 1.165) is 16.7 Å². The van der Waals surface area contributed by atoms with E-state index < -0.39 is 0 Å². The highest BCUT2D eigenvalue weighted by Crippen LogP contribution is 2.17. The summed E-state index contributed by atoms with van der Waals surface area (Å²) in [5.74, 6) is -0.0634. The van der Waals surface area contributed by atoms with E-state index in [1.807, 2.05) is 63.2 Å². The molecule has 0 aliphatic heterocycles. The third-order valence-corrected chi connectivity index (χ3v) is 4.46. The SMILES string of the molecule is Cc1cccc(C(=O)c2ccc(C(=O)c3ccc(C)c(C)c3)cc2)c1. The molecule has 0 aliphatic rings. The molecule has 25 heavy (non-hydrogen) atoms. The molecule has 0 amide bonds. The number of aryl methyl sites for hydroxylation is 3. The molecule has 0 saturated heterocycles. The molecule has 0 aromatic heterocycles. The maximum atomic E-state index is 12.6. The summed E-state index contributed by atoms with van der Waals surface area (Å²) in [4.78, 5) is 25.2. The van der Waals surface area contributed by atoms with Crippen molar-refractivity contribution in [3.63, 3.8) is 0 Å². The highest BCUT2D eigenvalue weighted by atomic mass is 16.1. The fourth-order valence-corrected chi connectivity index (χ4v) is 2.78. The third-order valence-electron chi connectivity index (χ3n) is 4.46. The van der Waals surface area contributed by atoms with E-state index >= 15 is 0 Å². The first-order valence-electron chi connectivity index (χ1n) is 8.29. The number of rotatable bonds is 4. The molecule has 0 radical (unpaired) electrons. The second-order valence-corrected chi connectivity index (χ2v) is 6.40. The molecule has 0 unspecified atom stereocenters. The Morgan fingerprint density at radius 2 is 1.08 bits per heavy atom. The first-order chi connectivity index (χ1) is 12.0. The Labute approximate surface area is 148 Å². The predicted molar refractivity (Wildman–Crippen MR) is 100 cm³/mol. The zero-order valence-corrected chi connectivity index (χ0v) is 14.7. The quantitative estimate of drug-likeness (QED) is 0.626. The van der Waals surface area contributed by atoms with Crippen LogP contribution in [0.2, 0.25) is 0 Å². The smallest absolute Gasteiger partial charge is 0.193 e. The van der Waals surface area contributed by atoms with Crippen LogP contribution in [-0.4, -0.2) is 11.6 Å². The van der Waals surface area contributed by atoms with Crippen LogP contribution in [0.25, 0.3) is 0 Å². The van der Waals surface area contributed by atoms with Gasteiger partial charge in [-0.25, -0.2) is 0 Å². The summed E-state index contributed by atoms with van der Waals surface area (Å²) < 4.78 is 0. The van der Waals surface area contributed by atoms with Gasteiger partial charge in [-0.05, 0) is 44.0 Å². The summed E-state index contributed by atoms with van der Waals surface area (Å²) in [6, 6.07) is 20.1. The molecule has 0 heterocycles. The number of hydrogen-bond acceptors (Lipinski definition) is 2. The molecule has 124 valence electrons. The minimum absolute atomic E-state index is 0.0299. The van der Waals surface area contributed by atoms with Crippen molar-refractivity contribution in [3.05, 3.63) is 106 Å². The summed E-state index contributed by atoms with van der Waals surface area (Å²) >= 11 is 0. The van der Waals surface area contributed by atoms with Gasteiger partial charge in [0.05, 0.1) is 0 Å². The first-order valence-corrected chi connectivity index (χ1v) is 8.29. The summed E-state index contributed by atoms with van der Waals surface area (Å²) in [6.07, 6.45) is 0. The summed E-state index contributed by atoms with van der Waals surface area (Å²) in [5, 5.41) is 0. The fourth-order valence-electron chi connectivity index (χ4n) is 2.78. The van der Waals surface area contributed by atoms with Gasteiger partial charge in [0.2, 0.25) is 0 Å². The van der Waals surface area contributed by atoms with Gasteiger partial charge in [0.15, 0.2) is 11.6 Å². The number of benzene rings is 3. The molecule has 0 atom stereocenters. The van der Waals surface area contributed by atoms with E-state index in [2.05, 4.69) is 0 Å². The highest BCUT2D eigenvalue weighted by molar-refractivity contribution is 6.11. The van der Waals surface area contributed by atoms with Gasteiger partial charge in [-0.1, -0.05) is 60.2 Å². The van der Waals surface area contributed by atoms with E-state index in [1.165, 1.54) is 0 Å². The first kappa shape index (κ1) is 16.8. The number of carbonyl (C=O) groups excluding carboxylic acids is 2. The van der Waals surface area contributed by atoms with Gasteiger partial charge in [-0.2, -0.15) is 0 Å². The molecule has 0 aliphatic carbocycles. The van der Waals surface area contributed by atoms with E-state index in [4.69, 9.17) is 0 Å². The average Bonchev–Trinajstić information content (AvgIpc) is 2.63. The highest BCUT2D eigenvalue weighted by Gasteiger charge is 2.13. The van der Waals surface area contributed by atoms with Gasteiger partial charge in [-0.15, -0.1) is 0 Å². The van der Waals surface area contributed by atoms with Crippen molar-refractivity contribution in [2.45, 2.75) is 20.8 Å². The van der Waals surface area contributed by atoms with E-state index in [0.29, 0.717) is 22.3 Å². The van der Waals surface area contributed by atoms with Gasteiger partial charge >= 0.3 is 0 Å². The van der Waals surface area contributed by atoms with Gasteiger partial charge in [0, 0.05) is 22.3 Å². The molecule has 2 nitrogen and oxygen atoms in total. The Morgan fingerprint density at radius 1 is 0.560 bits per heavy atom. The lowest BCUT2D eigenvalue weighted by Crippen LogP contribution is -2.05. The van der Waals surface area contributed by atoms with Crippen LogP contribution in [0.3, 0.4) is 0 Å². The lowest BCUT2D eigenvalue weighted by atomic mass is 9.96. The van der Waals surface area contributed by atoms with Crippen LogP contribution in [0.5, 0.6) is 0 Å². The van der Waals surface area contributed by atoms with Crippen LogP contribution in [0.15, 0.2) is 66.7 Å². The van der Waals surface area contributed by atoms with Gasteiger partial charge in [0.25, 0.3) is 0 Å². The normalized spacial score (nSPS) is 10.5. The van der Waals surface area contributed by atoms with Crippen molar-refractivity contribution < 1.29 is 9.59 Å². The summed E-state index contributed by atoms with van der Waals surface area (Å²) in [6.45, 7) is 5.98. The maximum Gasteiger partial charge on any atom is 0.193 e. The van der Waals surface area contributed by atoms with E-state index in [-0.39, 0.29) is 11.6 Å². The van der Waals surface area contributed by atoms with Crippen LogP contribution >= 0.6 is 0 Å². The summed E-state index contributed by atoms with van der Waals surface area (Å²) in [5.41, 5.74) is 5.81. The molecule has 0 saturated carbocycles. The predicted octanol–water partition coefficient (Wildman–Crippen LogP) is 5.07. The van der Waals surface area contributed by atoms with Crippen LogP contribution in [0, 0.1) is 20.8 Å². The Morgan fingerprint density at radius 3 is 1.60 bits per heavy atom. The van der Waals surface area contributed by atoms with Gasteiger partial charge < -0.3 is 0 Å². The van der Waals surface area contributed by atoms with Gasteiger partial charge in [-0.3, -0.25) is 9.59 Å². The Hall–Kier alpha value is -3.00. The number of carbonyl (C=O) groups is 2. The van der Waals surface area contributed by atoms with Crippen LogP contribution < -0.4 is 0 Å². The number of ketones is 2. The molecular weight excluding hydrogens is 308 g/mol. The Bertz CT molecular complexity index is 950. The van der Waals surface area contributed by atoms with Crippen molar-refractivity contribution in [2.24, 2.45) is 0 Å². The standard InChI is InChI=1S/C23H20O2/c1-15-5-4-6-20(13-15)22(24)18-9-11-19(12-10-18)23(25)21-8-7-16(2)17(3)14-21/h4-14H,1-3H3. The Kier molecular flexibility index (Phi) is 4.62. The molecule has 0 fully saturated rings. The van der Waals surface area contributed by atoms with Crippen molar-refractivity contribution in [1.29, 1.82) is 0 Å². The molecule has 0 spiro atoms. The Balaban J connectivity index is 1.85. The minimum atomic E-state index is -0.0334. The molecule has 3 aromatic rings. The molecule has 2 heteroatoms. The zero-order chi connectivity index (χ0) is 18.0. The van der Waals surface area contributed by atoms with Crippen molar-refractivity contribution in [3.8, 4) is 0 Å². The topological polar surface area (TPSA) is 34.1 Å². The second-order valence-electron chi connectivity index (χ2n) is 6.40. The molecule has 0 N–H and O–H groups in total. The third kappa shape index (κ3) is 3.58. The lowest BCUT2D eigenvalue weighted by molar-refractivity contribution is 0.102. The molecular formula is C23H20O2. The molecule has 3 rings (SSSR count). The lowest BCUT2D eigenvalue weighted by Gasteiger charge is -2.06. The zero-order valence-electron chi connectivity index (χ0n) is 14.7. The van der Waals surface area contributed by atoms with Crippen molar-refractivity contribution in [1.82, 2.24) is 0 Å². The van der Waals surface area contributed by atoms with Crippen molar-refractivity contribution in [2.75, 3.05) is 0 Å². The van der Waals surface area contributed by atoms with E-state index in [9.17, 15) is 9.59 Å². The summed E-state index contributed by atoms with van der Waals surface area (Å²) in [7, 11) is 0. The molecule has 3 aromatic carbocycles. The maximum absolute atomic E-state index is 12.6. The monoisotopic (exact) mass is 328 g/mol. The largest absolute Gasteiger partial charge is 0.289 e. The van der Waals surface area contributed by atoms with E-state index in [1.54, 1.807) is 24.3 Å².